The van der Waals surface area contributed by atoms with Gasteiger partial charge in [0, 0.05) is 44.5 Å². The Morgan fingerprint density at radius 1 is 1.27 bits per heavy atom. The largest absolute Gasteiger partial charge is 0.461 e. The highest BCUT2D eigenvalue weighted by atomic mass is 19.1. The molecule has 2 aliphatic heterocycles. The molecule has 1 saturated heterocycles. The van der Waals surface area contributed by atoms with Crippen LogP contribution in [0.1, 0.15) is 28.5 Å². The molecule has 160 valence electrons. The van der Waals surface area contributed by atoms with Gasteiger partial charge in [0.2, 0.25) is 0 Å². The van der Waals surface area contributed by atoms with Crippen molar-refractivity contribution >= 4 is 17.6 Å². The molecular weight excluding hydrogens is 391 g/mol. The van der Waals surface area contributed by atoms with Crippen LogP contribution in [0.3, 0.4) is 0 Å². The maximum Gasteiger partial charge on any atom is 0.356 e. The molecular formula is C21H25FN4O4. The number of nitrogens with zero attached hydrogens (tertiary/aromatic N) is 4. The number of aliphatic hydroxyl groups excluding tert-OH is 1. The van der Waals surface area contributed by atoms with Gasteiger partial charge in [0.05, 0.1) is 25.9 Å². The summed E-state index contributed by atoms with van der Waals surface area (Å²) < 4.78 is 24.9. The molecule has 4 heterocycles. The average Bonchev–Trinajstić information content (AvgIpc) is 2.78. The highest BCUT2D eigenvalue weighted by Gasteiger charge is 2.24. The fraction of sp³-hybridized carbons (Fsp3) is 0.476. The molecule has 1 unspecified atom stereocenters. The lowest BCUT2D eigenvalue weighted by Gasteiger charge is -2.34. The number of rotatable bonds is 5. The number of hydrogen-bond acceptors (Lipinski definition) is 8. The number of morpholine rings is 1. The molecule has 30 heavy (non-hydrogen) atoms. The van der Waals surface area contributed by atoms with Gasteiger partial charge in [-0.15, -0.1) is 0 Å². The molecule has 1 fully saturated rings. The van der Waals surface area contributed by atoms with E-state index >= 15 is 0 Å². The Kier molecular flexibility index (Phi) is 6.10. The molecule has 8 nitrogen and oxygen atoms in total. The number of fused-ring (bicyclic) bond motifs is 1. The minimum Gasteiger partial charge on any atom is -0.461 e. The highest BCUT2D eigenvalue weighted by molar-refractivity contribution is 5.87. The Morgan fingerprint density at radius 2 is 2.07 bits per heavy atom. The molecule has 2 aliphatic rings. The Labute approximate surface area is 174 Å². The first-order chi connectivity index (χ1) is 14.6. The quantitative estimate of drug-likeness (QED) is 0.735. The molecule has 0 aromatic carbocycles. The number of aromatic nitrogens is 2. The van der Waals surface area contributed by atoms with Crippen molar-refractivity contribution in [3.05, 3.63) is 47.0 Å². The normalized spacial score (nSPS) is 18.8. The van der Waals surface area contributed by atoms with E-state index in [4.69, 9.17) is 9.47 Å². The van der Waals surface area contributed by atoms with Gasteiger partial charge < -0.3 is 24.4 Å². The van der Waals surface area contributed by atoms with Gasteiger partial charge in [-0.3, -0.25) is 0 Å². The van der Waals surface area contributed by atoms with Crippen molar-refractivity contribution in [3.8, 4) is 0 Å². The molecule has 0 radical (unpaired) electrons. The minimum absolute atomic E-state index is 0.0810. The summed E-state index contributed by atoms with van der Waals surface area (Å²) in [6.45, 7) is 4.69. The van der Waals surface area contributed by atoms with Crippen LogP contribution >= 0.6 is 0 Å². The van der Waals surface area contributed by atoms with E-state index in [1.807, 2.05) is 9.80 Å². The molecule has 1 atom stereocenters. The van der Waals surface area contributed by atoms with Gasteiger partial charge >= 0.3 is 5.97 Å². The second kappa shape index (κ2) is 8.93. The lowest BCUT2D eigenvalue weighted by atomic mass is 10.0. The second-order valence-electron chi connectivity index (χ2n) is 7.35. The van der Waals surface area contributed by atoms with E-state index in [1.165, 1.54) is 12.1 Å². The van der Waals surface area contributed by atoms with Crippen LogP contribution in [0.2, 0.25) is 0 Å². The highest BCUT2D eigenvalue weighted by Crippen LogP contribution is 2.27. The molecule has 4 rings (SSSR count). The predicted octanol–water partition coefficient (Wildman–Crippen LogP) is 1.55. The first-order valence-corrected chi connectivity index (χ1v) is 10.1. The molecule has 0 saturated carbocycles. The van der Waals surface area contributed by atoms with E-state index in [9.17, 15) is 14.3 Å². The van der Waals surface area contributed by atoms with E-state index in [0.29, 0.717) is 63.1 Å². The molecule has 2 aromatic heterocycles. The van der Waals surface area contributed by atoms with Crippen LogP contribution in [-0.4, -0.2) is 66.6 Å². The Morgan fingerprint density at radius 3 is 2.83 bits per heavy atom. The number of esters is 1. The number of hydrogen-bond donors (Lipinski definition) is 1. The van der Waals surface area contributed by atoms with Crippen molar-refractivity contribution in [2.24, 2.45) is 0 Å². The zero-order chi connectivity index (χ0) is 21.1. The van der Waals surface area contributed by atoms with Crippen molar-refractivity contribution in [2.75, 3.05) is 49.3 Å². The standard InChI is InChI=1S/C21H25FN4O4/c1-2-29-21(28)18-7-14-3-4-25(11-15(14)10-23-18)19-8-16(22)9-20(24-19)26-5-6-30-17(12-26)13-27/h7-10,17,27H,2-6,11-13H2,1H3. The van der Waals surface area contributed by atoms with Crippen LogP contribution in [0.4, 0.5) is 16.0 Å². The van der Waals surface area contributed by atoms with Crippen LogP contribution in [0.5, 0.6) is 0 Å². The molecule has 9 heteroatoms. The first kappa shape index (κ1) is 20.5. The van der Waals surface area contributed by atoms with Gasteiger partial charge in [0.15, 0.2) is 0 Å². The van der Waals surface area contributed by atoms with Gasteiger partial charge in [-0.1, -0.05) is 0 Å². The zero-order valence-corrected chi connectivity index (χ0v) is 16.9. The van der Waals surface area contributed by atoms with Gasteiger partial charge in [0.1, 0.15) is 23.1 Å². The summed E-state index contributed by atoms with van der Waals surface area (Å²) in [7, 11) is 0. The number of aliphatic hydroxyl groups is 1. The molecule has 0 aliphatic carbocycles. The summed E-state index contributed by atoms with van der Waals surface area (Å²) in [5.41, 5.74) is 2.33. The average molecular weight is 416 g/mol. The van der Waals surface area contributed by atoms with Crippen molar-refractivity contribution in [2.45, 2.75) is 26.0 Å². The van der Waals surface area contributed by atoms with Gasteiger partial charge in [-0.2, -0.15) is 0 Å². The number of anilines is 2. The summed E-state index contributed by atoms with van der Waals surface area (Å²) in [4.78, 5) is 24.7. The Hall–Kier alpha value is -2.78. The van der Waals surface area contributed by atoms with E-state index in [-0.39, 0.29) is 18.5 Å². The van der Waals surface area contributed by atoms with Gasteiger partial charge in [-0.25, -0.2) is 19.2 Å². The van der Waals surface area contributed by atoms with Crippen molar-refractivity contribution < 1.29 is 23.8 Å². The summed E-state index contributed by atoms with van der Waals surface area (Å²) in [6.07, 6.45) is 2.08. The van der Waals surface area contributed by atoms with E-state index in [0.717, 1.165) is 11.1 Å². The SMILES string of the molecule is CCOC(=O)c1cc2c(cn1)CN(c1cc(F)cc(N3CCOC(CO)C3)n1)CC2. The third-order valence-corrected chi connectivity index (χ3v) is 5.33. The van der Waals surface area contributed by atoms with Crippen LogP contribution in [0.15, 0.2) is 24.4 Å². The van der Waals surface area contributed by atoms with Gasteiger partial charge in [-0.05, 0) is 30.5 Å². The summed E-state index contributed by atoms with van der Waals surface area (Å²) in [6, 6.07) is 4.62. The second-order valence-corrected chi connectivity index (χ2v) is 7.35. The molecule has 0 spiro atoms. The topological polar surface area (TPSA) is 88.0 Å². The van der Waals surface area contributed by atoms with Crippen molar-refractivity contribution in [3.63, 3.8) is 0 Å². The van der Waals surface area contributed by atoms with E-state index in [1.54, 1.807) is 19.2 Å². The summed E-state index contributed by atoms with van der Waals surface area (Å²) in [5.74, 6) is 0.306. The zero-order valence-electron chi connectivity index (χ0n) is 16.9. The molecule has 0 bridgehead atoms. The molecule has 2 aromatic rings. The number of halogens is 1. The van der Waals surface area contributed by atoms with Crippen LogP contribution < -0.4 is 9.80 Å². The summed E-state index contributed by atoms with van der Waals surface area (Å²) >= 11 is 0. The molecule has 1 N–H and O–H groups in total. The first-order valence-electron chi connectivity index (χ1n) is 10.1. The molecule has 0 amide bonds. The maximum atomic E-state index is 14.4. The van der Waals surface area contributed by atoms with E-state index < -0.39 is 5.97 Å². The fourth-order valence-electron chi connectivity index (χ4n) is 3.78. The third-order valence-electron chi connectivity index (χ3n) is 5.33. The van der Waals surface area contributed by atoms with Crippen LogP contribution in [0, 0.1) is 5.82 Å². The van der Waals surface area contributed by atoms with E-state index in [2.05, 4.69) is 9.97 Å². The minimum atomic E-state index is -0.425. The van der Waals surface area contributed by atoms with Crippen LogP contribution in [0.25, 0.3) is 0 Å². The maximum absolute atomic E-state index is 14.4. The lowest BCUT2D eigenvalue weighted by Crippen LogP contribution is -2.44. The van der Waals surface area contributed by atoms with Crippen molar-refractivity contribution in [1.82, 2.24) is 9.97 Å². The Balaban J connectivity index is 1.53. The van der Waals surface area contributed by atoms with Crippen molar-refractivity contribution in [1.29, 1.82) is 0 Å². The summed E-state index contributed by atoms with van der Waals surface area (Å²) in [5, 5.41) is 9.36. The number of carbonyl (C=O) groups excluding carboxylic acids is 1. The fourth-order valence-corrected chi connectivity index (χ4v) is 3.78. The monoisotopic (exact) mass is 416 g/mol. The third kappa shape index (κ3) is 4.36. The number of ether oxygens (including phenoxy) is 2. The Bertz CT molecular complexity index is 926. The number of carbonyl (C=O) groups is 1. The van der Waals surface area contributed by atoms with Crippen LogP contribution in [-0.2, 0) is 22.4 Å². The van der Waals surface area contributed by atoms with Gasteiger partial charge in [0.25, 0.3) is 0 Å². The lowest BCUT2D eigenvalue weighted by molar-refractivity contribution is 0.00335. The number of pyridine rings is 2. The predicted molar refractivity (Wildman–Crippen MR) is 108 cm³/mol. The smallest absolute Gasteiger partial charge is 0.356 e.